The Morgan fingerprint density at radius 1 is 1.71 bits per heavy atom. The van der Waals surface area contributed by atoms with Gasteiger partial charge in [-0.15, -0.1) is 0 Å². The Morgan fingerprint density at radius 3 is 3.07 bits per heavy atom. The number of hydrogen-bond donors (Lipinski definition) is 2. The molecule has 1 amide bonds. The molecule has 1 heterocycles. The zero-order chi connectivity index (χ0) is 10.6. The quantitative estimate of drug-likeness (QED) is 0.358. The van der Waals surface area contributed by atoms with Gasteiger partial charge in [0.25, 0.3) is 5.91 Å². The summed E-state index contributed by atoms with van der Waals surface area (Å²) in [6, 6.07) is 0.0847. The van der Waals surface area contributed by atoms with E-state index in [1.54, 1.807) is 0 Å². The van der Waals surface area contributed by atoms with Crippen LogP contribution in [0.25, 0.3) is 0 Å². The fourth-order valence-electron chi connectivity index (χ4n) is 1.77. The van der Waals surface area contributed by atoms with Crippen LogP contribution in [0.4, 0.5) is 0 Å². The maximum Gasteiger partial charge on any atom is 0.250 e. The minimum Gasteiger partial charge on any atom is -0.380 e. The Hall–Kier alpha value is -0.650. The number of hydrogen-bond acceptors (Lipinski definition) is 4. The molecule has 0 spiro atoms. The molecule has 1 saturated heterocycles. The van der Waals surface area contributed by atoms with E-state index in [0.717, 1.165) is 19.6 Å². The molecule has 82 valence electrons. The van der Waals surface area contributed by atoms with Gasteiger partial charge in [0, 0.05) is 19.2 Å². The van der Waals surface area contributed by atoms with Gasteiger partial charge in [0.2, 0.25) is 0 Å². The fourth-order valence-corrected chi connectivity index (χ4v) is 1.77. The van der Waals surface area contributed by atoms with E-state index in [2.05, 4.69) is 17.2 Å². The summed E-state index contributed by atoms with van der Waals surface area (Å²) in [5.74, 6) is 4.97. The van der Waals surface area contributed by atoms with E-state index in [1.165, 1.54) is 0 Å². The molecule has 0 saturated carbocycles. The topological polar surface area (TPSA) is 67.6 Å². The van der Waals surface area contributed by atoms with Crippen LogP contribution < -0.4 is 11.3 Å². The Bertz CT molecular complexity index is 198. The molecule has 1 aliphatic heterocycles. The lowest BCUT2D eigenvalue weighted by molar-refractivity contribution is -0.126. The van der Waals surface area contributed by atoms with Gasteiger partial charge in [-0.3, -0.25) is 15.1 Å². The minimum atomic E-state index is -0.184. The smallest absolute Gasteiger partial charge is 0.250 e. The highest BCUT2D eigenvalue weighted by atomic mass is 16.5. The highest BCUT2D eigenvalue weighted by molar-refractivity contribution is 5.80. The average Bonchev–Trinajstić information content (AvgIpc) is 2.40. The summed E-state index contributed by atoms with van der Waals surface area (Å²) in [5, 5.41) is 0. The van der Waals surface area contributed by atoms with Crippen molar-refractivity contribution in [1.29, 1.82) is 0 Å². The molecule has 0 aromatic rings. The van der Waals surface area contributed by atoms with Crippen LogP contribution in [0.1, 0.15) is 20.3 Å². The number of nitrogens with one attached hydrogen (secondary N) is 1. The molecule has 0 bridgehead atoms. The summed E-state index contributed by atoms with van der Waals surface area (Å²) < 4.78 is 5.40. The van der Waals surface area contributed by atoms with Gasteiger partial charge >= 0.3 is 0 Å². The predicted molar refractivity (Wildman–Crippen MR) is 53.4 cm³/mol. The molecule has 0 aromatic heterocycles. The van der Waals surface area contributed by atoms with Crippen LogP contribution in [-0.4, -0.2) is 42.6 Å². The molecule has 1 fully saturated rings. The van der Waals surface area contributed by atoms with Crippen molar-refractivity contribution in [2.24, 2.45) is 5.84 Å². The zero-order valence-electron chi connectivity index (χ0n) is 8.82. The zero-order valence-corrected chi connectivity index (χ0v) is 8.82. The van der Waals surface area contributed by atoms with Crippen molar-refractivity contribution in [3.05, 3.63) is 0 Å². The van der Waals surface area contributed by atoms with Crippen LogP contribution in [0.5, 0.6) is 0 Å². The van der Waals surface area contributed by atoms with Crippen molar-refractivity contribution in [1.82, 2.24) is 10.3 Å². The lowest BCUT2D eigenvalue weighted by Crippen LogP contribution is -2.51. The largest absolute Gasteiger partial charge is 0.380 e. The Labute approximate surface area is 84.5 Å². The normalized spacial score (nSPS) is 26.6. The number of nitrogens with zero attached hydrogens (tertiary/aromatic N) is 1. The summed E-state index contributed by atoms with van der Waals surface area (Å²) in [4.78, 5) is 13.5. The van der Waals surface area contributed by atoms with Crippen LogP contribution in [0.15, 0.2) is 0 Å². The third-order valence-corrected chi connectivity index (χ3v) is 2.65. The Morgan fingerprint density at radius 2 is 2.43 bits per heavy atom. The predicted octanol–water partition coefficient (Wildman–Crippen LogP) is -0.524. The fraction of sp³-hybridized carbons (Fsp3) is 0.889. The van der Waals surface area contributed by atoms with Crippen LogP contribution in [0, 0.1) is 0 Å². The van der Waals surface area contributed by atoms with Crippen LogP contribution in [0.2, 0.25) is 0 Å². The van der Waals surface area contributed by atoms with E-state index in [9.17, 15) is 4.79 Å². The van der Waals surface area contributed by atoms with Gasteiger partial charge in [-0.2, -0.15) is 0 Å². The first-order chi connectivity index (χ1) is 6.66. The Kier molecular flexibility index (Phi) is 4.31. The second kappa shape index (κ2) is 5.29. The van der Waals surface area contributed by atoms with Crippen molar-refractivity contribution >= 4 is 5.91 Å². The summed E-state index contributed by atoms with van der Waals surface area (Å²) in [6.07, 6.45) is 0.965. The number of carbonyl (C=O) groups is 1. The number of carbonyl (C=O) groups excluding carboxylic acids is 1. The molecule has 1 aliphatic rings. The van der Waals surface area contributed by atoms with Crippen molar-refractivity contribution in [3.8, 4) is 0 Å². The first-order valence-electron chi connectivity index (χ1n) is 5.00. The molecule has 1 rings (SSSR count). The first-order valence-corrected chi connectivity index (χ1v) is 5.00. The molecule has 0 aliphatic carbocycles. The third-order valence-electron chi connectivity index (χ3n) is 2.65. The van der Waals surface area contributed by atoms with Gasteiger partial charge in [0.1, 0.15) is 0 Å². The number of rotatable bonds is 2. The van der Waals surface area contributed by atoms with E-state index in [0.29, 0.717) is 6.61 Å². The summed E-state index contributed by atoms with van der Waals surface area (Å²) in [7, 11) is 0. The molecular weight excluding hydrogens is 182 g/mol. The number of amides is 1. The molecule has 0 aromatic carbocycles. The van der Waals surface area contributed by atoms with Gasteiger partial charge < -0.3 is 4.74 Å². The number of ether oxygens (including phenoxy) is 1. The molecular formula is C9H19N3O2. The van der Waals surface area contributed by atoms with Crippen molar-refractivity contribution in [3.63, 3.8) is 0 Å². The number of hydrazine groups is 1. The lowest BCUT2D eigenvalue weighted by atomic mass is 10.2. The Balaban J connectivity index is 2.58. The SMILES string of the molecule is CC1COCCCN1C(C)C(=O)NN. The van der Waals surface area contributed by atoms with Crippen molar-refractivity contribution < 1.29 is 9.53 Å². The van der Waals surface area contributed by atoms with Gasteiger partial charge in [-0.05, 0) is 20.3 Å². The second-order valence-corrected chi connectivity index (χ2v) is 3.70. The minimum absolute atomic E-state index is 0.140. The molecule has 5 nitrogen and oxygen atoms in total. The van der Waals surface area contributed by atoms with E-state index in [4.69, 9.17) is 10.6 Å². The van der Waals surface area contributed by atoms with E-state index in [-0.39, 0.29) is 18.0 Å². The monoisotopic (exact) mass is 201 g/mol. The molecule has 0 radical (unpaired) electrons. The summed E-state index contributed by atoms with van der Waals surface area (Å²) in [5.41, 5.74) is 2.18. The van der Waals surface area contributed by atoms with E-state index < -0.39 is 0 Å². The molecule has 2 unspecified atom stereocenters. The summed E-state index contributed by atoms with van der Waals surface area (Å²) >= 11 is 0. The van der Waals surface area contributed by atoms with E-state index >= 15 is 0 Å². The maximum atomic E-state index is 11.4. The van der Waals surface area contributed by atoms with Gasteiger partial charge in [-0.25, -0.2) is 5.84 Å². The standard InChI is InChI=1S/C9H19N3O2/c1-7-6-14-5-3-4-12(7)8(2)9(13)11-10/h7-8H,3-6,10H2,1-2H3,(H,11,13). The van der Waals surface area contributed by atoms with Gasteiger partial charge in [0.05, 0.1) is 12.6 Å². The maximum absolute atomic E-state index is 11.4. The highest BCUT2D eigenvalue weighted by Crippen LogP contribution is 2.11. The first kappa shape index (κ1) is 11.4. The van der Waals surface area contributed by atoms with Crippen molar-refractivity contribution in [2.75, 3.05) is 19.8 Å². The van der Waals surface area contributed by atoms with E-state index in [1.807, 2.05) is 6.92 Å². The molecule has 5 heteroatoms. The average molecular weight is 201 g/mol. The number of nitrogens with two attached hydrogens (primary N) is 1. The van der Waals surface area contributed by atoms with Crippen LogP contribution in [0.3, 0.4) is 0 Å². The van der Waals surface area contributed by atoms with Gasteiger partial charge in [-0.1, -0.05) is 0 Å². The molecule has 2 atom stereocenters. The van der Waals surface area contributed by atoms with Gasteiger partial charge in [0.15, 0.2) is 0 Å². The molecule has 14 heavy (non-hydrogen) atoms. The van der Waals surface area contributed by atoms with Crippen LogP contribution >= 0.6 is 0 Å². The lowest BCUT2D eigenvalue weighted by Gasteiger charge is -2.30. The van der Waals surface area contributed by atoms with Crippen molar-refractivity contribution in [2.45, 2.75) is 32.4 Å². The third kappa shape index (κ3) is 2.67. The second-order valence-electron chi connectivity index (χ2n) is 3.70. The highest BCUT2D eigenvalue weighted by Gasteiger charge is 2.26. The summed E-state index contributed by atoms with van der Waals surface area (Å²) in [6.45, 7) is 6.27. The molecule has 3 N–H and O–H groups in total. The van der Waals surface area contributed by atoms with Crippen LogP contribution in [-0.2, 0) is 9.53 Å².